The number of hydrogen-bond donors (Lipinski definition) is 1. The Morgan fingerprint density at radius 2 is 2.00 bits per heavy atom. The molecule has 1 amide bonds. The number of unbranched alkanes of at least 4 members (excludes halogenated alkanes) is 1. The lowest BCUT2D eigenvalue weighted by Gasteiger charge is -2.29. The van der Waals surface area contributed by atoms with Crippen molar-refractivity contribution in [1.82, 2.24) is 4.90 Å². The van der Waals surface area contributed by atoms with Gasteiger partial charge in [0.1, 0.15) is 0 Å². The molecule has 17 heavy (non-hydrogen) atoms. The van der Waals surface area contributed by atoms with Crippen molar-refractivity contribution in [2.24, 2.45) is 5.73 Å². The smallest absolute Gasteiger partial charge is 0.222 e. The van der Waals surface area contributed by atoms with E-state index in [1.54, 1.807) is 0 Å². The highest BCUT2D eigenvalue weighted by Gasteiger charge is 2.19. The number of nitrogens with zero attached hydrogens (tertiary/aromatic N) is 1. The van der Waals surface area contributed by atoms with E-state index >= 15 is 0 Å². The lowest BCUT2D eigenvalue weighted by molar-refractivity contribution is -0.132. The summed E-state index contributed by atoms with van der Waals surface area (Å²) in [7, 11) is 0. The van der Waals surface area contributed by atoms with Crippen molar-refractivity contribution in [3.63, 3.8) is 0 Å². The monoisotopic (exact) mass is 232 g/mol. The van der Waals surface area contributed by atoms with E-state index in [1.165, 1.54) is 11.1 Å². The van der Waals surface area contributed by atoms with Crippen LogP contribution in [0.25, 0.3) is 0 Å². The van der Waals surface area contributed by atoms with Gasteiger partial charge < -0.3 is 10.6 Å². The van der Waals surface area contributed by atoms with Crippen LogP contribution in [0.3, 0.4) is 0 Å². The number of carbonyl (C=O) groups is 1. The maximum Gasteiger partial charge on any atom is 0.222 e. The van der Waals surface area contributed by atoms with Crippen molar-refractivity contribution in [2.75, 3.05) is 13.1 Å². The number of fused-ring (bicyclic) bond motifs is 1. The Morgan fingerprint density at radius 1 is 1.24 bits per heavy atom. The summed E-state index contributed by atoms with van der Waals surface area (Å²) >= 11 is 0. The Kier molecular flexibility index (Phi) is 4.15. The maximum absolute atomic E-state index is 12.0. The molecule has 0 fully saturated rings. The minimum Gasteiger partial charge on any atom is -0.338 e. The number of rotatable bonds is 4. The molecule has 2 N–H and O–H groups in total. The number of benzene rings is 1. The molecule has 1 heterocycles. The largest absolute Gasteiger partial charge is 0.338 e. The zero-order chi connectivity index (χ0) is 12.1. The first-order chi connectivity index (χ1) is 8.31. The maximum atomic E-state index is 12.0. The lowest BCUT2D eigenvalue weighted by atomic mass is 9.99. The van der Waals surface area contributed by atoms with Gasteiger partial charge in [0.15, 0.2) is 0 Å². The van der Waals surface area contributed by atoms with Crippen molar-refractivity contribution in [1.29, 1.82) is 0 Å². The van der Waals surface area contributed by atoms with Gasteiger partial charge in [0.05, 0.1) is 0 Å². The first-order valence-electron chi connectivity index (χ1n) is 6.36. The highest BCUT2D eigenvalue weighted by atomic mass is 16.2. The fraction of sp³-hybridized carbons (Fsp3) is 0.500. The zero-order valence-corrected chi connectivity index (χ0v) is 10.2. The summed E-state index contributed by atoms with van der Waals surface area (Å²) in [5.41, 5.74) is 8.12. The molecule has 0 unspecified atom stereocenters. The SMILES string of the molecule is NCCCCC(=O)N1CCc2ccccc2C1. The van der Waals surface area contributed by atoms with Crippen molar-refractivity contribution in [3.8, 4) is 0 Å². The molecule has 0 radical (unpaired) electrons. The van der Waals surface area contributed by atoms with Crippen LogP contribution >= 0.6 is 0 Å². The van der Waals surface area contributed by atoms with E-state index in [4.69, 9.17) is 5.73 Å². The number of amides is 1. The van der Waals surface area contributed by atoms with Gasteiger partial charge in [0, 0.05) is 19.5 Å². The highest BCUT2D eigenvalue weighted by molar-refractivity contribution is 5.76. The Labute approximate surface area is 103 Å². The predicted molar refractivity (Wildman–Crippen MR) is 68.5 cm³/mol. The molecule has 0 saturated heterocycles. The summed E-state index contributed by atoms with van der Waals surface area (Å²) < 4.78 is 0. The summed E-state index contributed by atoms with van der Waals surface area (Å²) in [5, 5.41) is 0. The van der Waals surface area contributed by atoms with E-state index in [-0.39, 0.29) is 5.91 Å². The van der Waals surface area contributed by atoms with E-state index in [0.717, 1.165) is 32.4 Å². The molecule has 0 aromatic heterocycles. The fourth-order valence-corrected chi connectivity index (χ4v) is 2.29. The first kappa shape index (κ1) is 12.1. The first-order valence-corrected chi connectivity index (χ1v) is 6.36. The molecule has 1 aromatic carbocycles. The van der Waals surface area contributed by atoms with Gasteiger partial charge in [-0.25, -0.2) is 0 Å². The molecular weight excluding hydrogens is 212 g/mol. The van der Waals surface area contributed by atoms with Gasteiger partial charge >= 0.3 is 0 Å². The molecule has 92 valence electrons. The summed E-state index contributed by atoms with van der Waals surface area (Å²) in [6.45, 7) is 2.31. The average molecular weight is 232 g/mol. The quantitative estimate of drug-likeness (QED) is 0.803. The highest BCUT2D eigenvalue weighted by Crippen LogP contribution is 2.19. The Bertz CT molecular complexity index is 390. The van der Waals surface area contributed by atoms with Gasteiger partial charge in [-0.2, -0.15) is 0 Å². The lowest BCUT2D eigenvalue weighted by Crippen LogP contribution is -2.35. The molecular formula is C14H20N2O. The number of nitrogens with two attached hydrogens (primary N) is 1. The Morgan fingerprint density at radius 3 is 2.76 bits per heavy atom. The van der Waals surface area contributed by atoms with Crippen LogP contribution in [0.2, 0.25) is 0 Å². The van der Waals surface area contributed by atoms with Crippen LogP contribution in [0.5, 0.6) is 0 Å². The van der Waals surface area contributed by atoms with Crippen LogP contribution in [0.15, 0.2) is 24.3 Å². The molecule has 1 aromatic rings. The summed E-state index contributed by atoms with van der Waals surface area (Å²) in [4.78, 5) is 13.9. The molecule has 0 bridgehead atoms. The van der Waals surface area contributed by atoms with Gasteiger partial charge in [0.2, 0.25) is 5.91 Å². The van der Waals surface area contributed by atoms with Gasteiger partial charge in [-0.3, -0.25) is 4.79 Å². The summed E-state index contributed by atoms with van der Waals surface area (Å²) in [5.74, 6) is 0.271. The molecule has 0 atom stereocenters. The van der Waals surface area contributed by atoms with Gasteiger partial charge in [0.25, 0.3) is 0 Å². The standard InChI is InChI=1S/C14H20N2O/c15-9-4-3-7-14(17)16-10-8-12-5-1-2-6-13(12)11-16/h1-2,5-6H,3-4,7-11,15H2. The van der Waals surface area contributed by atoms with E-state index in [2.05, 4.69) is 18.2 Å². The van der Waals surface area contributed by atoms with Gasteiger partial charge in [-0.05, 0) is 36.9 Å². The second kappa shape index (κ2) is 5.82. The van der Waals surface area contributed by atoms with Crippen molar-refractivity contribution in [3.05, 3.63) is 35.4 Å². The zero-order valence-electron chi connectivity index (χ0n) is 10.2. The summed E-state index contributed by atoms with van der Waals surface area (Å²) in [6, 6.07) is 8.39. The number of hydrogen-bond acceptors (Lipinski definition) is 2. The third kappa shape index (κ3) is 3.07. The normalized spacial score (nSPS) is 14.5. The molecule has 0 spiro atoms. The van der Waals surface area contributed by atoms with Crippen LogP contribution in [0.1, 0.15) is 30.4 Å². The Balaban J connectivity index is 1.91. The third-order valence-electron chi connectivity index (χ3n) is 3.33. The van der Waals surface area contributed by atoms with Crippen LogP contribution in [-0.4, -0.2) is 23.9 Å². The van der Waals surface area contributed by atoms with E-state index in [0.29, 0.717) is 13.0 Å². The van der Waals surface area contributed by atoms with Gasteiger partial charge in [-0.1, -0.05) is 24.3 Å². The average Bonchev–Trinajstić information content (AvgIpc) is 2.38. The molecule has 3 heteroatoms. The van der Waals surface area contributed by atoms with Crippen molar-refractivity contribution in [2.45, 2.75) is 32.2 Å². The summed E-state index contributed by atoms with van der Waals surface area (Å²) in [6.07, 6.45) is 3.47. The van der Waals surface area contributed by atoms with Crippen LogP contribution < -0.4 is 5.73 Å². The minimum atomic E-state index is 0.271. The third-order valence-corrected chi connectivity index (χ3v) is 3.33. The van der Waals surface area contributed by atoms with E-state index in [9.17, 15) is 4.79 Å². The van der Waals surface area contributed by atoms with Crippen LogP contribution in [0.4, 0.5) is 0 Å². The van der Waals surface area contributed by atoms with Crippen molar-refractivity contribution < 1.29 is 4.79 Å². The molecule has 0 saturated carbocycles. The number of carbonyl (C=O) groups excluding carboxylic acids is 1. The second-order valence-corrected chi connectivity index (χ2v) is 4.58. The molecule has 1 aliphatic heterocycles. The topological polar surface area (TPSA) is 46.3 Å². The predicted octanol–water partition coefficient (Wildman–Crippen LogP) is 1.70. The molecule has 3 nitrogen and oxygen atoms in total. The van der Waals surface area contributed by atoms with Gasteiger partial charge in [-0.15, -0.1) is 0 Å². The second-order valence-electron chi connectivity index (χ2n) is 4.58. The van der Waals surface area contributed by atoms with Crippen LogP contribution in [0, 0.1) is 0 Å². The molecule has 0 aliphatic carbocycles. The minimum absolute atomic E-state index is 0.271. The van der Waals surface area contributed by atoms with Crippen molar-refractivity contribution >= 4 is 5.91 Å². The Hall–Kier alpha value is -1.35. The molecule has 1 aliphatic rings. The van der Waals surface area contributed by atoms with E-state index in [1.807, 2.05) is 11.0 Å². The molecule has 2 rings (SSSR count). The fourth-order valence-electron chi connectivity index (χ4n) is 2.29. The van der Waals surface area contributed by atoms with Crippen LogP contribution in [-0.2, 0) is 17.8 Å². The van der Waals surface area contributed by atoms with E-state index < -0.39 is 0 Å².